The van der Waals surface area contributed by atoms with Crippen molar-refractivity contribution in [3.8, 4) is 0 Å². The van der Waals surface area contributed by atoms with Crippen molar-refractivity contribution in [1.29, 1.82) is 0 Å². The van der Waals surface area contributed by atoms with Crippen molar-refractivity contribution in [2.45, 2.75) is 90.4 Å². The molecule has 200 valence electrons. The zero-order chi connectivity index (χ0) is 27.8. The molecule has 2 aromatic carbocycles. The highest BCUT2D eigenvalue weighted by Crippen LogP contribution is 2.33. The highest BCUT2D eigenvalue weighted by molar-refractivity contribution is 6.88. The van der Waals surface area contributed by atoms with Crippen LogP contribution in [0, 0.1) is 0 Å². The van der Waals surface area contributed by atoms with Gasteiger partial charge in [0.1, 0.15) is 0 Å². The van der Waals surface area contributed by atoms with Crippen molar-refractivity contribution in [1.82, 2.24) is 0 Å². The molecule has 0 aliphatic carbocycles. The van der Waals surface area contributed by atoms with Crippen LogP contribution in [0.3, 0.4) is 0 Å². The molecule has 0 saturated carbocycles. The number of halogens is 1. The standard InChI is InChI=1S/C14H21FO2Si.C14H22O3Si/c1-10(2)18(15,11(3)4)13-7-5-12(6-8-13)9-14(16)17;1-10(2)18(17,11(3)4)13-7-5-12(6-8-13)9-14(15)16/h5-8,10-11H,9H2,1-4H3,(H,16,17);5-8,10-11,17H,9H2,1-4H3,(H,15,16). The fourth-order valence-electron chi connectivity index (χ4n) is 4.78. The first-order valence-corrected chi connectivity index (χ1v) is 16.7. The molecule has 0 unspecified atom stereocenters. The van der Waals surface area contributed by atoms with Crippen LogP contribution in [0.4, 0.5) is 4.11 Å². The molecule has 0 heterocycles. The molecule has 2 rings (SSSR count). The first-order chi connectivity index (χ1) is 16.6. The SMILES string of the molecule is CC(C)[Si](F)(c1ccc(CC(=O)O)cc1)C(C)C.CC(C)[Si](O)(c1ccc(CC(=O)O)cc1)C(C)C. The smallest absolute Gasteiger partial charge is 0.307 e. The molecular formula is C28H43FO5Si2. The van der Waals surface area contributed by atoms with Crippen LogP contribution < -0.4 is 10.4 Å². The van der Waals surface area contributed by atoms with Gasteiger partial charge < -0.3 is 19.1 Å². The number of rotatable bonds is 10. The molecule has 0 saturated heterocycles. The Morgan fingerprint density at radius 2 is 0.944 bits per heavy atom. The van der Waals surface area contributed by atoms with E-state index in [9.17, 15) is 14.4 Å². The van der Waals surface area contributed by atoms with Gasteiger partial charge in [-0.15, -0.1) is 0 Å². The third kappa shape index (κ3) is 7.85. The van der Waals surface area contributed by atoms with Crippen LogP contribution in [0.1, 0.15) is 66.5 Å². The van der Waals surface area contributed by atoms with Crippen LogP contribution in [-0.2, 0) is 22.4 Å². The van der Waals surface area contributed by atoms with Gasteiger partial charge in [-0.25, -0.2) is 0 Å². The Hall–Kier alpha value is -2.30. The van der Waals surface area contributed by atoms with Gasteiger partial charge in [0.2, 0.25) is 8.32 Å². The number of benzene rings is 2. The van der Waals surface area contributed by atoms with Gasteiger partial charge in [-0.05, 0) is 43.7 Å². The van der Waals surface area contributed by atoms with E-state index in [0.29, 0.717) is 0 Å². The Labute approximate surface area is 217 Å². The van der Waals surface area contributed by atoms with E-state index in [1.165, 1.54) is 0 Å². The number of carboxylic acids is 2. The zero-order valence-electron chi connectivity index (χ0n) is 22.9. The van der Waals surface area contributed by atoms with Crippen molar-refractivity contribution in [2.24, 2.45) is 0 Å². The van der Waals surface area contributed by atoms with Gasteiger partial charge >= 0.3 is 11.9 Å². The first-order valence-electron chi connectivity index (χ1n) is 12.6. The topological polar surface area (TPSA) is 94.8 Å². The summed E-state index contributed by atoms with van der Waals surface area (Å²) in [6.07, 6.45) is 0.0219. The van der Waals surface area contributed by atoms with Gasteiger partial charge in [0.25, 0.3) is 8.41 Å². The van der Waals surface area contributed by atoms with Crippen LogP contribution in [-0.4, -0.2) is 43.7 Å². The van der Waals surface area contributed by atoms with Gasteiger partial charge in [0, 0.05) is 0 Å². The molecule has 0 aliphatic heterocycles. The van der Waals surface area contributed by atoms with E-state index in [1.54, 1.807) is 24.3 Å². The highest BCUT2D eigenvalue weighted by atomic mass is 28.4. The number of aliphatic carboxylic acids is 2. The van der Waals surface area contributed by atoms with Crippen LogP contribution in [0.2, 0.25) is 22.2 Å². The molecular weight excluding hydrogens is 491 g/mol. The molecule has 36 heavy (non-hydrogen) atoms. The van der Waals surface area contributed by atoms with Crippen molar-refractivity contribution in [2.75, 3.05) is 0 Å². The molecule has 0 aliphatic rings. The summed E-state index contributed by atoms with van der Waals surface area (Å²) in [6.45, 7) is 15.9. The van der Waals surface area contributed by atoms with Crippen LogP contribution in [0.25, 0.3) is 0 Å². The first kappa shape index (κ1) is 31.7. The molecule has 0 bridgehead atoms. The molecule has 8 heteroatoms. The van der Waals surface area contributed by atoms with E-state index >= 15 is 4.11 Å². The minimum Gasteiger partial charge on any atom is -0.481 e. The molecule has 5 nitrogen and oxygen atoms in total. The molecule has 0 aromatic heterocycles. The molecule has 0 fully saturated rings. The quantitative estimate of drug-likeness (QED) is 0.275. The summed E-state index contributed by atoms with van der Waals surface area (Å²) in [5.41, 5.74) is 2.00. The molecule has 0 amide bonds. The molecule has 0 radical (unpaired) electrons. The second kappa shape index (κ2) is 13.3. The maximum Gasteiger partial charge on any atom is 0.307 e. The minimum atomic E-state index is -2.99. The van der Waals surface area contributed by atoms with Crippen LogP contribution in [0.5, 0.6) is 0 Å². The lowest BCUT2D eigenvalue weighted by atomic mass is 10.2. The fraction of sp³-hybridized carbons (Fsp3) is 0.500. The lowest BCUT2D eigenvalue weighted by Crippen LogP contribution is -2.53. The second-order valence-corrected chi connectivity index (χ2v) is 19.7. The molecule has 0 atom stereocenters. The number of carbonyl (C=O) groups is 2. The highest BCUT2D eigenvalue weighted by Gasteiger charge is 2.43. The van der Waals surface area contributed by atoms with Gasteiger partial charge in [0.05, 0.1) is 12.8 Å². The Bertz CT molecular complexity index is 889. The van der Waals surface area contributed by atoms with Crippen molar-refractivity contribution < 1.29 is 28.7 Å². The molecule has 0 spiro atoms. The van der Waals surface area contributed by atoms with E-state index in [1.807, 2.05) is 52.0 Å². The summed E-state index contributed by atoms with van der Waals surface area (Å²) < 4.78 is 15.2. The monoisotopic (exact) mass is 534 g/mol. The summed E-state index contributed by atoms with van der Waals surface area (Å²) in [5, 5.41) is 19.2. The average Bonchev–Trinajstić information content (AvgIpc) is 2.78. The van der Waals surface area contributed by atoms with Gasteiger partial charge in [-0.2, -0.15) is 0 Å². The van der Waals surface area contributed by atoms with Crippen LogP contribution in [0.15, 0.2) is 48.5 Å². The van der Waals surface area contributed by atoms with Gasteiger partial charge in [0.15, 0.2) is 0 Å². The largest absolute Gasteiger partial charge is 0.481 e. The summed E-state index contributed by atoms with van der Waals surface area (Å²) in [5.74, 6) is -1.69. The van der Waals surface area contributed by atoms with Crippen molar-refractivity contribution in [3.63, 3.8) is 0 Å². The average molecular weight is 535 g/mol. The summed E-state index contributed by atoms with van der Waals surface area (Å²) in [6, 6.07) is 14.4. The van der Waals surface area contributed by atoms with E-state index in [-0.39, 0.29) is 35.0 Å². The van der Waals surface area contributed by atoms with E-state index in [4.69, 9.17) is 10.2 Å². The third-order valence-electron chi connectivity index (χ3n) is 6.96. The maximum absolute atomic E-state index is 15.2. The minimum absolute atomic E-state index is 0.00945. The Balaban J connectivity index is 0.000000360. The maximum atomic E-state index is 15.2. The summed E-state index contributed by atoms with van der Waals surface area (Å²) in [7, 11) is -5.48. The number of hydrogen-bond donors (Lipinski definition) is 3. The van der Waals surface area contributed by atoms with Crippen molar-refractivity contribution in [3.05, 3.63) is 59.7 Å². The number of hydrogen-bond acceptors (Lipinski definition) is 3. The third-order valence-corrected chi connectivity index (χ3v) is 16.3. The van der Waals surface area contributed by atoms with Crippen molar-refractivity contribution >= 4 is 39.0 Å². The number of carboxylic acid groups (broad SMARTS) is 2. The van der Waals surface area contributed by atoms with Gasteiger partial charge in [-0.1, -0.05) is 104 Å². The normalized spacial score (nSPS) is 12.2. The van der Waals surface area contributed by atoms with E-state index in [2.05, 4.69) is 27.7 Å². The summed E-state index contributed by atoms with van der Waals surface area (Å²) in [4.78, 5) is 32.2. The Morgan fingerprint density at radius 3 is 1.19 bits per heavy atom. The molecule has 2 aromatic rings. The fourth-order valence-corrected chi connectivity index (χ4v) is 11.5. The predicted octanol–water partition coefficient (Wildman–Crippen LogP) is 5.53. The lowest BCUT2D eigenvalue weighted by molar-refractivity contribution is -0.137. The predicted molar refractivity (Wildman–Crippen MR) is 150 cm³/mol. The molecule has 3 N–H and O–H groups in total. The van der Waals surface area contributed by atoms with Crippen LogP contribution >= 0.6 is 0 Å². The lowest BCUT2D eigenvalue weighted by Gasteiger charge is -2.33. The van der Waals surface area contributed by atoms with E-state index < -0.39 is 28.7 Å². The second-order valence-electron chi connectivity index (χ2n) is 10.7. The van der Waals surface area contributed by atoms with E-state index in [0.717, 1.165) is 21.5 Å². The van der Waals surface area contributed by atoms with Gasteiger partial charge in [-0.3, -0.25) is 9.59 Å². The summed E-state index contributed by atoms with van der Waals surface area (Å²) >= 11 is 0. The zero-order valence-corrected chi connectivity index (χ0v) is 24.9. The Kier molecular flexibility index (Phi) is 11.7. The Morgan fingerprint density at radius 1 is 0.639 bits per heavy atom.